The van der Waals surface area contributed by atoms with Gasteiger partial charge in [-0.2, -0.15) is 5.10 Å². The molecule has 0 radical (unpaired) electrons. The van der Waals surface area contributed by atoms with E-state index in [1.165, 1.54) is 6.33 Å². The molecule has 0 bridgehead atoms. The van der Waals surface area contributed by atoms with Gasteiger partial charge in [0.05, 0.1) is 11.7 Å². The first-order valence-electron chi connectivity index (χ1n) is 9.37. The molecule has 2 heterocycles. The summed E-state index contributed by atoms with van der Waals surface area (Å²) < 4.78 is 3.49. The Hall–Kier alpha value is -3.23. The van der Waals surface area contributed by atoms with E-state index in [1.807, 2.05) is 25.2 Å². The average Bonchev–Trinajstić information content (AvgIpc) is 3.32. The second-order valence-corrected chi connectivity index (χ2v) is 7.09. The number of nitrogens with one attached hydrogen (secondary N) is 2. The highest BCUT2D eigenvalue weighted by Gasteiger charge is 2.21. The van der Waals surface area contributed by atoms with Gasteiger partial charge in [0, 0.05) is 12.7 Å². The summed E-state index contributed by atoms with van der Waals surface area (Å²) in [7, 11) is 1.83. The number of aromatic nitrogens is 6. The quantitative estimate of drug-likeness (QED) is 0.654. The van der Waals surface area contributed by atoms with Crippen molar-refractivity contribution in [1.29, 1.82) is 0 Å². The fraction of sp³-hybridized carbons (Fsp3) is 0.421. The van der Waals surface area contributed by atoms with Gasteiger partial charge < -0.3 is 10.6 Å². The van der Waals surface area contributed by atoms with E-state index in [-0.39, 0.29) is 12.1 Å². The molecule has 28 heavy (non-hydrogen) atoms. The summed E-state index contributed by atoms with van der Waals surface area (Å²) in [5.41, 5.74) is 2.68. The van der Waals surface area contributed by atoms with Crippen molar-refractivity contribution in [2.75, 3.05) is 5.32 Å². The van der Waals surface area contributed by atoms with E-state index in [0.717, 1.165) is 35.6 Å². The van der Waals surface area contributed by atoms with Gasteiger partial charge in [0.2, 0.25) is 0 Å². The first-order chi connectivity index (χ1) is 13.5. The van der Waals surface area contributed by atoms with E-state index in [9.17, 15) is 4.79 Å². The number of anilines is 1. The minimum atomic E-state index is -0.274. The molecule has 9 nitrogen and oxygen atoms in total. The molecule has 1 aromatic carbocycles. The Morgan fingerprint density at radius 2 is 1.96 bits per heavy atom. The molecular weight excluding hydrogens is 356 g/mol. The number of rotatable bonds is 7. The lowest BCUT2D eigenvalue weighted by molar-refractivity contribution is 0.245. The van der Waals surface area contributed by atoms with Crippen molar-refractivity contribution in [2.45, 2.75) is 39.7 Å². The first kappa shape index (κ1) is 19.5. The zero-order valence-electron chi connectivity index (χ0n) is 16.6. The van der Waals surface area contributed by atoms with Gasteiger partial charge in [-0.05, 0) is 36.5 Å². The van der Waals surface area contributed by atoms with Crippen LogP contribution in [-0.2, 0) is 13.5 Å². The summed E-state index contributed by atoms with van der Waals surface area (Å²) in [6, 6.07) is 5.40. The first-order valence-corrected chi connectivity index (χ1v) is 9.37. The van der Waals surface area contributed by atoms with E-state index in [4.69, 9.17) is 0 Å². The lowest BCUT2D eigenvalue weighted by Crippen LogP contribution is -2.35. The molecule has 9 heteroatoms. The number of benzene rings is 1. The molecule has 2 aromatic heterocycles. The summed E-state index contributed by atoms with van der Waals surface area (Å²) in [4.78, 5) is 17.1. The predicted octanol–water partition coefficient (Wildman–Crippen LogP) is 2.87. The Morgan fingerprint density at radius 3 is 2.57 bits per heavy atom. The number of carbonyl (C=O) groups is 1. The van der Waals surface area contributed by atoms with Crippen LogP contribution in [0.25, 0.3) is 5.69 Å². The smallest absolute Gasteiger partial charge is 0.319 e. The Labute approximate surface area is 164 Å². The Bertz CT molecular complexity index is 916. The normalized spacial score (nSPS) is 12.2. The van der Waals surface area contributed by atoms with Gasteiger partial charge in [-0.1, -0.05) is 26.8 Å². The number of hydrogen-bond donors (Lipinski definition) is 2. The number of carbonyl (C=O) groups excluding carboxylic acids is 1. The van der Waals surface area contributed by atoms with Crippen LogP contribution in [0.15, 0.2) is 37.2 Å². The van der Waals surface area contributed by atoms with Crippen molar-refractivity contribution in [1.82, 2.24) is 34.8 Å². The van der Waals surface area contributed by atoms with Crippen molar-refractivity contribution in [3.8, 4) is 5.69 Å². The maximum atomic E-state index is 12.8. The van der Waals surface area contributed by atoms with Crippen molar-refractivity contribution in [2.24, 2.45) is 13.0 Å². The van der Waals surface area contributed by atoms with E-state index in [2.05, 4.69) is 51.7 Å². The molecule has 0 saturated heterocycles. The topological polar surface area (TPSA) is 103 Å². The molecule has 0 saturated carbocycles. The number of hydrogen-bond acceptors (Lipinski definition) is 5. The molecule has 0 unspecified atom stereocenters. The fourth-order valence-electron chi connectivity index (χ4n) is 3.12. The molecule has 2 amide bonds. The van der Waals surface area contributed by atoms with Crippen molar-refractivity contribution in [3.05, 3.63) is 48.6 Å². The van der Waals surface area contributed by atoms with Gasteiger partial charge in [-0.15, -0.1) is 10.2 Å². The molecule has 0 fully saturated rings. The number of amides is 2. The number of nitrogens with zero attached hydrogens (tertiary/aromatic N) is 6. The lowest BCUT2D eigenvalue weighted by atomic mass is 10.0. The molecule has 148 valence electrons. The van der Waals surface area contributed by atoms with Gasteiger partial charge in [-0.25, -0.2) is 9.78 Å². The van der Waals surface area contributed by atoms with Crippen LogP contribution in [0, 0.1) is 5.92 Å². The standard InChI is InChI=1S/C19H26N8O/c1-5-14-6-7-15(27-11-21-22-12-27)9-16(14)24-19(28)25-17(8-13(2)3)18-20-10-23-26(18)4/h6-7,9-13,17H,5,8H2,1-4H3,(H2,24,25,28)/t17-/m1/s1. The van der Waals surface area contributed by atoms with Gasteiger partial charge >= 0.3 is 6.03 Å². The van der Waals surface area contributed by atoms with Gasteiger partial charge in [0.15, 0.2) is 0 Å². The van der Waals surface area contributed by atoms with Crippen LogP contribution >= 0.6 is 0 Å². The maximum absolute atomic E-state index is 12.8. The van der Waals surface area contributed by atoms with Crippen molar-refractivity contribution < 1.29 is 4.79 Å². The highest BCUT2D eigenvalue weighted by Crippen LogP contribution is 2.22. The minimum absolute atomic E-state index is 0.224. The van der Waals surface area contributed by atoms with Crippen LogP contribution in [0.4, 0.5) is 10.5 Å². The summed E-state index contributed by atoms with van der Waals surface area (Å²) in [6.07, 6.45) is 6.31. The van der Waals surface area contributed by atoms with Crippen LogP contribution in [0.5, 0.6) is 0 Å². The molecule has 2 N–H and O–H groups in total. The summed E-state index contributed by atoms with van der Waals surface area (Å²) in [5.74, 6) is 1.13. The molecule has 3 rings (SSSR count). The highest BCUT2D eigenvalue weighted by atomic mass is 16.2. The molecule has 1 atom stereocenters. The molecule has 0 aliphatic carbocycles. The summed E-state index contributed by atoms with van der Waals surface area (Å²) >= 11 is 0. The third kappa shape index (κ3) is 4.54. The van der Waals surface area contributed by atoms with Crippen molar-refractivity contribution >= 4 is 11.7 Å². The third-order valence-electron chi connectivity index (χ3n) is 4.51. The lowest BCUT2D eigenvalue weighted by Gasteiger charge is -2.21. The average molecular weight is 382 g/mol. The number of aryl methyl sites for hydroxylation is 2. The molecule has 0 spiro atoms. The van der Waals surface area contributed by atoms with Gasteiger partial charge in [0.1, 0.15) is 24.8 Å². The highest BCUT2D eigenvalue weighted by molar-refractivity contribution is 5.90. The largest absolute Gasteiger partial charge is 0.328 e. The van der Waals surface area contributed by atoms with E-state index in [0.29, 0.717) is 5.92 Å². The number of urea groups is 1. The maximum Gasteiger partial charge on any atom is 0.319 e. The van der Waals surface area contributed by atoms with Crippen LogP contribution in [0.1, 0.15) is 44.6 Å². The van der Waals surface area contributed by atoms with Crippen LogP contribution in [0.2, 0.25) is 0 Å². The fourth-order valence-corrected chi connectivity index (χ4v) is 3.12. The van der Waals surface area contributed by atoms with E-state index >= 15 is 0 Å². The zero-order valence-corrected chi connectivity index (χ0v) is 16.6. The molecule has 0 aliphatic rings. The van der Waals surface area contributed by atoms with E-state index in [1.54, 1.807) is 21.9 Å². The van der Waals surface area contributed by atoms with E-state index < -0.39 is 0 Å². The Morgan fingerprint density at radius 1 is 1.21 bits per heavy atom. The van der Waals surface area contributed by atoms with Crippen LogP contribution in [-0.4, -0.2) is 35.6 Å². The Kier molecular flexibility index (Phi) is 6.03. The molecular formula is C19H26N8O. The van der Waals surface area contributed by atoms with Gasteiger partial charge in [0.25, 0.3) is 0 Å². The summed E-state index contributed by atoms with van der Waals surface area (Å²) in [6.45, 7) is 6.28. The van der Waals surface area contributed by atoms with Gasteiger partial charge in [-0.3, -0.25) is 9.25 Å². The SMILES string of the molecule is CCc1ccc(-n2cnnc2)cc1NC(=O)N[C@H](CC(C)C)c1ncnn1C. The second kappa shape index (κ2) is 8.64. The molecule has 3 aromatic rings. The summed E-state index contributed by atoms with van der Waals surface area (Å²) in [5, 5.41) is 17.8. The van der Waals surface area contributed by atoms with Crippen LogP contribution < -0.4 is 10.6 Å². The predicted molar refractivity (Wildman–Crippen MR) is 106 cm³/mol. The minimum Gasteiger partial charge on any atom is -0.328 e. The van der Waals surface area contributed by atoms with Crippen LogP contribution in [0.3, 0.4) is 0 Å². The zero-order chi connectivity index (χ0) is 20.1. The monoisotopic (exact) mass is 382 g/mol. The molecule has 0 aliphatic heterocycles. The Balaban J connectivity index is 1.79. The van der Waals surface area contributed by atoms with Crippen molar-refractivity contribution in [3.63, 3.8) is 0 Å². The third-order valence-corrected chi connectivity index (χ3v) is 4.51. The second-order valence-electron chi connectivity index (χ2n) is 7.09.